The lowest BCUT2D eigenvalue weighted by molar-refractivity contribution is -0.139. The van der Waals surface area contributed by atoms with Gasteiger partial charge in [0.25, 0.3) is 0 Å². The van der Waals surface area contributed by atoms with Crippen LogP contribution in [0.25, 0.3) is 0 Å². The highest BCUT2D eigenvalue weighted by molar-refractivity contribution is 6.17. The van der Waals surface area contributed by atoms with Crippen LogP contribution in [0.4, 0.5) is 13.2 Å². The van der Waals surface area contributed by atoms with Gasteiger partial charge in [0, 0.05) is 37.6 Å². The number of benzene rings is 1. The molecule has 26 heavy (non-hydrogen) atoms. The summed E-state index contributed by atoms with van der Waals surface area (Å²) < 4.78 is 39.2. The van der Waals surface area contributed by atoms with Crippen molar-refractivity contribution in [2.75, 3.05) is 32.1 Å². The van der Waals surface area contributed by atoms with Crippen molar-refractivity contribution in [3.8, 4) is 0 Å². The van der Waals surface area contributed by atoms with Gasteiger partial charge < -0.3 is 5.11 Å². The average Bonchev–Trinajstić information content (AvgIpc) is 2.57. The number of alkyl halides is 4. The Morgan fingerprint density at radius 2 is 2.12 bits per heavy atom. The van der Waals surface area contributed by atoms with Gasteiger partial charge in [0.1, 0.15) is 0 Å². The summed E-state index contributed by atoms with van der Waals surface area (Å²) in [6.07, 6.45) is -3.01. The summed E-state index contributed by atoms with van der Waals surface area (Å²) in [5, 5.41) is 8.98. The molecule has 146 valence electrons. The van der Waals surface area contributed by atoms with E-state index < -0.39 is 17.7 Å². The molecule has 1 saturated heterocycles. The van der Waals surface area contributed by atoms with Crippen LogP contribution in [0.1, 0.15) is 36.9 Å². The van der Waals surface area contributed by atoms with Gasteiger partial charge in [0.05, 0.1) is 12.1 Å². The topological polar surface area (TPSA) is 43.8 Å². The van der Waals surface area contributed by atoms with E-state index in [9.17, 15) is 18.0 Å². The Kier molecular flexibility index (Phi) is 7.32. The standard InChI is InChI=1S/C18H24ClF3N2O2/c1-13-11-24(9-8-23(13)12-17(25)26)16(6-3-7-19)14-4-2-5-15(10-14)18(20,21)22/h2,4-5,10,13,16H,3,6-9,11-12H2,1H3,(H,25,26)/t13-,16?/m1/s1. The number of carboxylic acids is 1. The fourth-order valence-corrected chi connectivity index (χ4v) is 3.62. The van der Waals surface area contributed by atoms with E-state index in [0.717, 1.165) is 6.07 Å². The number of rotatable bonds is 7. The Morgan fingerprint density at radius 1 is 1.38 bits per heavy atom. The third-order valence-corrected chi connectivity index (χ3v) is 5.05. The van der Waals surface area contributed by atoms with Gasteiger partial charge in [-0.05, 0) is 37.5 Å². The van der Waals surface area contributed by atoms with Crippen LogP contribution in [0.5, 0.6) is 0 Å². The van der Waals surface area contributed by atoms with Gasteiger partial charge in [0.15, 0.2) is 0 Å². The second kappa shape index (κ2) is 9.06. The van der Waals surface area contributed by atoms with E-state index in [1.165, 1.54) is 12.1 Å². The van der Waals surface area contributed by atoms with Gasteiger partial charge in [-0.15, -0.1) is 11.6 Å². The molecule has 1 aliphatic rings. The molecule has 0 bridgehead atoms. The number of piperazine rings is 1. The van der Waals surface area contributed by atoms with Crippen molar-refractivity contribution in [3.05, 3.63) is 35.4 Å². The van der Waals surface area contributed by atoms with Crippen LogP contribution in [-0.4, -0.2) is 59.0 Å². The summed E-state index contributed by atoms with van der Waals surface area (Å²) >= 11 is 5.81. The fraction of sp³-hybridized carbons (Fsp3) is 0.611. The zero-order valence-electron chi connectivity index (χ0n) is 14.7. The number of halogens is 4. The lowest BCUT2D eigenvalue weighted by Crippen LogP contribution is -2.53. The largest absolute Gasteiger partial charge is 0.480 e. The van der Waals surface area contributed by atoms with Crippen LogP contribution in [0.2, 0.25) is 0 Å². The van der Waals surface area contributed by atoms with E-state index in [4.69, 9.17) is 16.7 Å². The third-order valence-electron chi connectivity index (χ3n) is 4.79. The Balaban J connectivity index is 2.19. The van der Waals surface area contributed by atoms with Crippen LogP contribution in [0.3, 0.4) is 0 Å². The van der Waals surface area contributed by atoms with Crippen molar-refractivity contribution in [3.63, 3.8) is 0 Å². The molecule has 0 aromatic heterocycles. The molecular formula is C18H24ClF3N2O2. The zero-order valence-corrected chi connectivity index (χ0v) is 15.4. The molecule has 1 aromatic carbocycles. The quantitative estimate of drug-likeness (QED) is 0.716. The molecule has 0 aliphatic carbocycles. The summed E-state index contributed by atoms with van der Waals surface area (Å²) in [4.78, 5) is 15.0. The van der Waals surface area contributed by atoms with Crippen molar-refractivity contribution in [1.29, 1.82) is 0 Å². The van der Waals surface area contributed by atoms with Crippen LogP contribution in [0.15, 0.2) is 24.3 Å². The summed E-state index contributed by atoms with van der Waals surface area (Å²) in [7, 11) is 0. The van der Waals surface area contributed by atoms with Crippen molar-refractivity contribution in [1.82, 2.24) is 9.80 Å². The van der Waals surface area contributed by atoms with Gasteiger partial charge in [-0.25, -0.2) is 0 Å². The van der Waals surface area contributed by atoms with Gasteiger partial charge in [-0.2, -0.15) is 13.2 Å². The highest BCUT2D eigenvalue weighted by Crippen LogP contribution is 2.34. The van der Waals surface area contributed by atoms with Gasteiger partial charge in [0.2, 0.25) is 0 Å². The number of nitrogens with zero attached hydrogens (tertiary/aromatic N) is 2. The maximum absolute atomic E-state index is 13.1. The first-order valence-corrected chi connectivity index (χ1v) is 9.19. The number of carbonyl (C=O) groups is 1. The molecule has 8 heteroatoms. The molecule has 2 rings (SSSR count). The maximum Gasteiger partial charge on any atom is 0.416 e. The molecule has 1 heterocycles. The van der Waals surface area contributed by atoms with Crippen molar-refractivity contribution < 1.29 is 23.1 Å². The van der Waals surface area contributed by atoms with Gasteiger partial charge in [-0.3, -0.25) is 14.6 Å². The lowest BCUT2D eigenvalue weighted by atomic mass is 9.97. The predicted octanol–water partition coefficient (Wildman–Crippen LogP) is 3.86. The molecule has 4 nitrogen and oxygen atoms in total. The smallest absolute Gasteiger partial charge is 0.416 e. The van der Waals surface area contributed by atoms with Crippen molar-refractivity contribution in [2.24, 2.45) is 0 Å². The summed E-state index contributed by atoms with van der Waals surface area (Å²) in [5.41, 5.74) is -0.0211. The molecule has 1 N–H and O–H groups in total. The first kappa shape index (κ1) is 21.0. The average molecular weight is 393 g/mol. The third kappa shape index (κ3) is 5.59. The molecule has 1 aromatic rings. The van der Waals surface area contributed by atoms with E-state index in [-0.39, 0.29) is 18.6 Å². The highest BCUT2D eigenvalue weighted by Gasteiger charge is 2.33. The van der Waals surface area contributed by atoms with Crippen molar-refractivity contribution >= 4 is 17.6 Å². The second-order valence-corrected chi connectivity index (χ2v) is 7.06. The van der Waals surface area contributed by atoms with E-state index in [0.29, 0.717) is 43.9 Å². The molecule has 2 atom stereocenters. The first-order valence-electron chi connectivity index (χ1n) is 8.65. The van der Waals surface area contributed by atoms with Crippen LogP contribution < -0.4 is 0 Å². The number of hydrogen-bond acceptors (Lipinski definition) is 3. The van der Waals surface area contributed by atoms with Gasteiger partial charge in [-0.1, -0.05) is 12.1 Å². The van der Waals surface area contributed by atoms with Crippen molar-refractivity contribution in [2.45, 2.75) is 38.0 Å². The summed E-state index contributed by atoms with van der Waals surface area (Å²) in [5.74, 6) is -0.425. The SMILES string of the molecule is C[C@@H]1CN(C(CCCCl)c2cccc(C(F)(F)F)c2)CCN1CC(=O)O. The van der Waals surface area contributed by atoms with Crippen LogP contribution in [0, 0.1) is 0 Å². The Bertz CT molecular complexity index is 612. The Morgan fingerprint density at radius 3 is 2.69 bits per heavy atom. The Labute approximate surface area is 156 Å². The van der Waals surface area contributed by atoms with Crippen LogP contribution >= 0.6 is 11.6 Å². The first-order chi connectivity index (χ1) is 12.2. The lowest BCUT2D eigenvalue weighted by Gasteiger charge is -2.43. The number of aliphatic carboxylic acids is 1. The molecule has 0 spiro atoms. The maximum atomic E-state index is 13.1. The fourth-order valence-electron chi connectivity index (χ4n) is 3.47. The minimum atomic E-state index is -4.37. The minimum Gasteiger partial charge on any atom is -0.480 e. The molecule has 1 aliphatic heterocycles. The predicted molar refractivity (Wildman–Crippen MR) is 94.4 cm³/mol. The molecule has 0 amide bonds. The number of hydrogen-bond donors (Lipinski definition) is 1. The normalized spacial score (nSPS) is 20.9. The van der Waals surface area contributed by atoms with Gasteiger partial charge >= 0.3 is 12.1 Å². The summed E-state index contributed by atoms with van der Waals surface area (Å²) in [6.45, 7) is 3.71. The monoisotopic (exact) mass is 392 g/mol. The van der Waals surface area contributed by atoms with E-state index >= 15 is 0 Å². The van der Waals surface area contributed by atoms with Crippen LogP contribution in [-0.2, 0) is 11.0 Å². The highest BCUT2D eigenvalue weighted by atomic mass is 35.5. The summed E-state index contributed by atoms with van der Waals surface area (Å²) in [6, 6.07) is 5.32. The van der Waals surface area contributed by atoms with E-state index in [1.54, 1.807) is 6.07 Å². The van der Waals surface area contributed by atoms with E-state index in [1.807, 2.05) is 11.8 Å². The molecule has 1 unspecified atom stereocenters. The Hall–Kier alpha value is -1.31. The molecule has 0 radical (unpaired) electrons. The molecular weight excluding hydrogens is 369 g/mol. The molecule has 1 fully saturated rings. The second-order valence-electron chi connectivity index (χ2n) is 6.68. The molecule has 0 saturated carbocycles. The zero-order chi connectivity index (χ0) is 19.3. The number of carboxylic acid groups (broad SMARTS) is 1. The van der Waals surface area contributed by atoms with E-state index in [2.05, 4.69) is 4.90 Å². The minimum absolute atomic E-state index is 0.0177.